The molecule has 0 saturated heterocycles. The van der Waals surface area contributed by atoms with Crippen molar-refractivity contribution in [2.24, 2.45) is 12.1 Å². The standard InChI is InChI=1S/C13H11F3N4O2/c1-19-6-2-3-10(19)8-17-18-11-5-4-9(13(14,15)16)7-12(11)20(21)22/h2-8,18H,1H3/b17-8-. The molecule has 1 aromatic carbocycles. The molecule has 1 N–H and O–H groups in total. The van der Waals surface area contributed by atoms with Gasteiger partial charge in [0, 0.05) is 19.3 Å². The largest absolute Gasteiger partial charge is 0.416 e. The number of nitrogens with one attached hydrogen (secondary N) is 1. The van der Waals surface area contributed by atoms with E-state index >= 15 is 0 Å². The van der Waals surface area contributed by atoms with Crippen molar-refractivity contribution in [3.8, 4) is 0 Å². The Kier molecular flexibility index (Phi) is 4.15. The zero-order valence-electron chi connectivity index (χ0n) is 11.3. The van der Waals surface area contributed by atoms with E-state index < -0.39 is 22.4 Å². The molecular weight excluding hydrogens is 301 g/mol. The van der Waals surface area contributed by atoms with Crippen LogP contribution >= 0.6 is 0 Å². The third kappa shape index (κ3) is 3.43. The van der Waals surface area contributed by atoms with Crippen molar-refractivity contribution in [1.29, 1.82) is 0 Å². The van der Waals surface area contributed by atoms with Gasteiger partial charge in [-0.25, -0.2) is 0 Å². The van der Waals surface area contributed by atoms with Crippen molar-refractivity contribution in [3.05, 3.63) is 57.9 Å². The normalized spacial score (nSPS) is 11.8. The highest BCUT2D eigenvalue weighted by Crippen LogP contribution is 2.34. The summed E-state index contributed by atoms with van der Waals surface area (Å²) >= 11 is 0. The first kappa shape index (κ1) is 15.5. The molecule has 2 rings (SSSR count). The van der Waals surface area contributed by atoms with Crippen LogP contribution in [0.4, 0.5) is 24.5 Å². The Hall–Kier alpha value is -2.84. The molecule has 116 valence electrons. The predicted octanol–water partition coefficient (Wildman–Crippen LogP) is 3.40. The molecule has 1 heterocycles. The first-order chi connectivity index (χ1) is 10.3. The molecule has 9 heteroatoms. The maximum Gasteiger partial charge on any atom is 0.416 e. The Labute approximate surface area is 123 Å². The van der Waals surface area contributed by atoms with E-state index in [-0.39, 0.29) is 5.69 Å². The van der Waals surface area contributed by atoms with Gasteiger partial charge in [0.15, 0.2) is 0 Å². The number of anilines is 1. The summed E-state index contributed by atoms with van der Waals surface area (Å²) in [5, 5.41) is 14.7. The Balaban J connectivity index is 2.25. The molecule has 0 saturated carbocycles. The molecule has 2 aromatic rings. The first-order valence-corrected chi connectivity index (χ1v) is 6.05. The van der Waals surface area contributed by atoms with Gasteiger partial charge < -0.3 is 4.57 Å². The van der Waals surface area contributed by atoms with Crippen molar-refractivity contribution in [2.75, 3.05) is 5.43 Å². The zero-order chi connectivity index (χ0) is 16.3. The van der Waals surface area contributed by atoms with Crippen LogP contribution in [-0.4, -0.2) is 15.7 Å². The molecule has 0 unspecified atom stereocenters. The van der Waals surface area contributed by atoms with Crippen molar-refractivity contribution in [2.45, 2.75) is 6.18 Å². The molecule has 0 spiro atoms. The second-order valence-corrected chi connectivity index (χ2v) is 4.40. The lowest BCUT2D eigenvalue weighted by molar-refractivity contribution is -0.384. The van der Waals surface area contributed by atoms with Crippen LogP contribution in [0, 0.1) is 10.1 Å². The molecular formula is C13H11F3N4O2. The van der Waals surface area contributed by atoms with Crippen LogP contribution in [0.15, 0.2) is 41.6 Å². The van der Waals surface area contributed by atoms with Crippen LogP contribution < -0.4 is 5.43 Å². The summed E-state index contributed by atoms with van der Waals surface area (Å²) in [4.78, 5) is 10.00. The summed E-state index contributed by atoms with van der Waals surface area (Å²) in [7, 11) is 1.78. The molecule has 0 aliphatic heterocycles. The number of rotatable bonds is 4. The maximum absolute atomic E-state index is 12.6. The summed E-state index contributed by atoms with van der Waals surface area (Å²) in [6.45, 7) is 0. The van der Waals surface area contributed by atoms with Gasteiger partial charge in [0.05, 0.1) is 22.4 Å². The van der Waals surface area contributed by atoms with Crippen LogP contribution in [0.3, 0.4) is 0 Å². The molecule has 0 aliphatic carbocycles. The fourth-order valence-electron chi connectivity index (χ4n) is 1.73. The average molecular weight is 312 g/mol. The second-order valence-electron chi connectivity index (χ2n) is 4.40. The van der Waals surface area contributed by atoms with Crippen LogP contribution in [0.1, 0.15) is 11.3 Å². The van der Waals surface area contributed by atoms with Gasteiger partial charge in [-0.05, 0) is 24.3 Å². The molecule has 0 amide bonds. The minimum Gasteiger partial charge on any atom is -0.350 e. The van der Waals surface area contributed by atoms with Gasteiger partial charge in [-0.2, -0.15) is 18.3 Å². The Morgan fingerprint density at radius 1 is 1.36 bits per heavy atom. The SMILES string of the molecule is Cn1cccc1/C=N\Nc1ccc(C(F)(F)F)cc1[N+](=O)[O-]. The highest BCUT2D eigenvalue weighted by Gasteiger charge is 2.33. The summed E-state index contributed by atoms with van der Waals surface area (Å²) in [6.07, 6.45) is -1.46. The van der Waals surface area contributed by atoms with Gasteiger partial charge in [0.25, 0.3) is 5.69 Å². The number of nitrogens with zero attached hydrogens (tertiary/aromatic N) is 3. The summed E-state index contributed by atoms with van der Waals surface area (Å²) in [5.41, 5.74) is 1.21. The molecule has 0 aliphatic rings. The molecule has 22 heavy (non-hydrogen) atoms. The van der Waals surface area contributed by atoms with Crippen LogP contribution in [0.2, 0.25) is 0 Å². The average Bonchev–Trinajstić information content (AvgIpc) is 2.83. The minimum absolute atomic E-state index is 0.122. The molecule has 0 fully saturated rings. The molecule has 1 aromatic heterocycles. The van der Waals surface area contributed by atoms with E-state index in [2.05, 4.69) is 10.5 Å². The lowest BCUT2D eigenvalue weighted by Crippen LogP contribution is -2.06. The first-order valence-electron chi connectivity index (χ1n) is 6.05. The van der Waals surface area contributed by atoms with Crippen molar-refractivity contribution in [3.63, 3.8) is 0 Å². The molecule has 0 atom stereocenters. The second kappa shape index (κ2) is 5.88. The number of alkyl halides is 3. The van der Waals surface area contributed by atoms with Gasteiger partial charge in [0.1, 0.15) is 5.69 Å². The Bertz CT molecular complexity index is 722. The number of nitro groups is 1. The number of nitro benzene ring substituents is 1. The van der Waals surface area contributed by atoms with E-state index in [0.717, 1.165) is 17.8 Å². The number of aromatic nitrogens is 1. The van der Waals surface area contributed by atoms with E-state index in [9.17, 15) is 23.3 Å². The number of halogens is 3. The summed E-state index contributed by atoms with van der Waals surface area (Å²) in [6, 6.07) is 5.74. The summed E-state index contributed by atoms with van der Waals surface area (Å²) in [5.74, 6) is 0. The van der Waals surface area contributed by atoms with E-state index in [1.807, 2.05) is 0 Å². The van der Waals surface area contributed by atoms with Crippen LogP contribution in [0.25, 0.3) is 0 Å². The van der Waals surface area contributed by atoms with Gasteiger partial charge in [-0.15, -0.1) is 0 Å². The van der Waals surface area contributed by atoms with Gasteiger partial charge in [-0.1, -0.05) is 0 Å². The smallest absolute Gasteiger partial charge is 0.350 e. The van der Waals surface area contributed by atoms with Gasteiger partial charge >= 0.3 is 6.18 Å². The Morgan fingerprint density at radius 3 is 2.64 bits per heavy atom. The highest BCUT2D eigenvalue weighted by atomic mass is 19.4. The fourth-order valence-corrected chi connectivity index (χ4v) is 1.73. The lowest BCUT2D eigenvalue weighted by Gasteiger charge is -2.08. The van der Waals surface area contributed by atoms with E-state index in [1.165, 1.54) is 6.21 Å². The quantitative estimate of drug-likeness (QED) is 0.534. The predicted molar refractivity (Wildman–Crippen MR) is 74.7 cm³/mol. The molecule has 6 nitrogen and oxygen atoms in total. The third-order valence-electron chi connectivity index (χ3n) is 2.89. The molecule has 0 radical (unpaired) electrons. The number of hydrogen-bond donors (Lipinski definition) is 1. The molecule has 0 bridgehead atoms. The Morgan fingerprint density at radius 2 is 2.09 bits per heavy atom. The van der Waals surface area contributed by atoms with Crippen molar-refractivity contribution in [1.82, 2.24) is 4.57 Å². The fraction of sp³-hybridized carbons (Fsp3) is 0.154. The minimum atomic E-state index is -4.64. The van der Waals surface area contributed by atoms with Gasteiger partial charge in [0.2, 0.25) is 0 Å². The van der Waals surface area contributed by atoms with E-state index in [1.54, 1.807) is 29.9 Å². The van der Waals surface area contributed by atoms with E-state index in [4.69, 9.17) is 0 Å². The zero-order valence-corrected chi connectivity index (χ0v) is 11.3. The monoisotopic (exact) mass is 312 g/mol. The summed E-state index contributed by atoms with van der Waals surface area (Å²) < 4.78 is 39.5. The van der Waals surface area contributed by atoms with Gasteiger partial charge in [-0.3, -0.25) is 15.5 Å². The number of benzene rings is 1. The maximum atomic E-state index is 12.6. The van der Waals surface area contributed by atoms with Crippen molar-refractivity contribution < 1.29 is 18.1 Å². The third-order valence-corrected chi connectivity index (χ3v) is 2.89. The van der Waals surface area contributed by atoms with Crippen LogP contribution in [-0.2, 0) is 13.2 Å². The van der Waals surface area contributed by atoms with Crippen LogP contribution in [0.5, 0.6) is 0 Å². The topological polar surface area (TPSA) is 72.5 Å². The number of aryl methyl sites for hydroxylation is 1. The number of hydrazone groups is 1. The van der Waals surface area contributed by atoms with Crippen molar-refractivity contribution >= 4 is 17.6 Å². The number of hydrogen-bond acceptors (Lipinski definition) is 4. The lowest BCUT2D eigenvalue weighted by atomic mass is 10.1. The van der Waals surface area contributed by atoms with E-state index in [0.29, 0.717) is 6.07 Å². The highest BCUT2D eigenvalue weighted by molar-refractivity contribution is 5.78.